The van der Waals surface area contributed by atoms with Gasteiger partial charge in [0.1, 0.15) is 0 Å². The Morgan fingerprint density at radius 3 is 2.79 bits per heavy atom. The van der Waals surface area contributed by atoms with Gasteiger partial charge in [0.15, 0.2) is 11.0 Å². The molecule has 0 radical (unpaired) electrons. The highest BCUT2D eigenvalue weighted by Crippen LogP contribution is 2.58. The van der Waals surface area contributed by atoms with Gasteiger partial charge in [-0.05, 0) is 49.9 Å². The Bertz CT molecular complexity index is 1300. The molecule has 6 rings (SSSR count). The fourth-order valence-electron chi connectivity index (χ4n) is 5.55. The molecule has 1 aliphatic carbocycles. The first-order chi connectivity index (χ1) is 16.1. The molecule has 1 saturated heterocycles. The maximum Gasteiger partial charge on any atom is 0.191 e. The van der Waals surface area contributed by atoms with Crippen LogP contribution >= 0.6 is 11.8 Å². The molecule has 0 amide bonds. The van der Waals surface area contributed by atoms with Crippen LogP contribution in [0.2, 0.25) is 0 Å². The van der Waals surface area contributed by atoms with Crippen LogP contribution in [0.5, 0.6) is 0 Å². The molecule has 2 aromatic heterocycles. The lowest BCUT2D eigenvalue weighted by Crippen LogP contribution is -2.27. The van der Waals surface area contributed by atoms with E-state index in [0.717, 1.165) is 51.4 Å². The molecule has 1 aliphatic heterocycles. The Morgan fingerprint density at radius 2 is 1.91 bits per heavy atom. The third kappa shape index (κ3) is 3.75. The maximum absolute atomic E-state index is 4.66. The van der Waals surface area contributed by atoms with Crippen molar-refractivity contribution in [2.24, 2.45) is 13.0 Å². The summed E-state index contributed by atoms with van der Waals surface area (Å²) in [7, 11) is 2.07. The second kappa shape index (κ2) is 8.26. The number of fused-ring (bicyclic) bond motifs is 2. The van der Waals surface area contributed by atoms with Crippen LogP contribution < -0.4 is 0 Å². The molecular formula is C27H29N5S. The quantitative estimate of drug-likeness (QED) is 0.287. The van der Waals surface area contributed by atoms with E-state index in [2.05, 4.69) is 92.4 Å². The number of likely N-dealkylation sites (tertiary alicyclic amines) is 1. The van der Waals surface area contributed by atoms with Crippen molar-refractivity contribution in [2.45, 2.75) is 30.3 Å². The van der Waals surface area contributed by atoms with Crippen LogP contribution in [-0.4, -0.2) is 50.0 Å². The number of aromatic nitrogens is 4. The molecule has 0 bridgehead atoms. The summed E-state index contributed by atoms with van der Waals surface area (Å²) in [6.45, 7) is 5.66. The third-order valence-corrected chi connectivity index (χ3v) is 8.47. The van der Waals surface area contributed by atoms with E-state index in [1.807, 2.05) is 18.7 Å². The van der Waals surface area contributed by atoms with E-state index >= 15 is 0 Å². The van der Waals surface area contributed by atoms with Crippen LogP contribution in [0.1, 0.15) is 24.1 Å². The molecular weight excluding hydrogens is 426 g/mol. The summed E-state index contributed by atoms with van der Waals surface area (Å²) in [5.41, 5.74) is 5.10. The topological polar surface area (TPSA) is 46.8 Å². The fourth-order valence-corrected chi connectivity index (χ4v) is 6.39. The SMILES string of the molecule is Cc1ccc2c(-c3nnc(SCCCN4C[C@H]5CC5(c5ccccc5)C4)n3C)cccc2n1. The molecule has 0 N–H and O–H groups in total. The number of nitrogens with zero attached hydrogens (tertiary/aromatic N) is 5. The molecule has 0 spiro atoms. The van der Waals surface area contributed by atoms with Gasteiger partial charge in [-0.2, -0.15) is 0 Å². The standard InChI is InChI=1S/C27H29N5S/c1-19-12-13-22-23(10-6-11-24(22)28-19)25-29-30-26(31(25)2)33-15-7-14-32-17-21-16-27(21,18-32)20-8-4-3-5-9-20/h3-6,8-13,21H,7,14-18H2,1-2H3/t21-,27?/m1/s1. The largest absolute Gasteiger partial charge is 0.305 e. The highest BCUT2D eigenvalue weighted by Gasteiger charge is 2.60. The molecule has 2 aliphatic rings. The van der Waals surface area contributed by atoms with Gasteiger partial charge in [-0.1, -0.05) is 60.3 Å². The smallest absolute Gasteiger partial charge is 0.191 e. The predicted molar refractivity (Wildman–Crippen MR) is 134 cm³/mol. The molecule has 2 atom stereocenters. The number of pyridine rings is 1. The Hall–Kier alpha value is -2.70. The van der Waals surface area contributed by atoms with E-state index in [4.69, 9.17) is 0 Å². The van der Waals surface area contributed by atoms with Crippen molar-refractivity contribution in [1.29, 1.82) is 0 Å². The van der Waals surface area contributed by atoms with Crippen molar-refractivity contribution in [3.05, 3.63) is 71.9 Å². The Labute approximate surface area is 199 Å². The molecule has 168 valence electrons. The lowest BCUT2D eigenvalue weighted by atomic mass is 9.95. The van der Waals surface area contributed by atoms with Gasteiger partial charge in [0.25, 0.3) is 0 Å². The van der Waals surface area contributed by atoms with Gasteiger partial charge >= 0.3 is 0 Å². The minimum atomic E-state index is 0.443. The number of rotatable bonds is 7. The van der Waals surface area contributed by atoms with Crippen molar-refractivity contribution >= 4 is 22.7 Å². The monoisotopic (exact) mass is 455 g/mol. The van der Waals surface area contributed by atoms with Crippen LogP contribution in [0.15, 0.2) is 65.8 Å². The number of piperidine rings is 1. The van der Waals surface area contributed by atoms with Crippen molar-refractivity contribution in [3.8, 4) is 11.4 Å². The van der Waals surface area contributed by atoms with E-state index in [0.29, 0.717) is 5.41 Å². The number of hydrogen-bond donors (Lipinski definition) is 0. The van der Waals surface area contributed by atoms with Gasteiger partial charge in [0, 0.05) is 47.9 Å². The number of hydrogen-bond acceptors (Lipinski definition) is 5. The Morgan fingerprint density at radius 1 is 1.03 bits per heavy atom. The normalized spacial score (nSPS) is 22.1. The van der Waals surface area contributed by atoms with Crippen molar-refractivity contribution in [3.63, 3.8) is 0 Å². The van der Waals surface area contributed by atoms with Crippen LogP contribution in [-0.2, 0) is 12.5 Å². The first kappa shape index (κ1) is 20.9. The molecule has 1 saturated carbocycles. The highest BCUT2D eigenvalue weighted by atomic mass is 32.2. The van der Waals surface area contributed by atoms with Crippen molar-refractivity contribution in [2.75, 3.05) is 25.4 Å². The summed E-state index contributed by atoms with van der Waals surface area (Å²) in [6, 6.07) is 21.5. The fraction of sp³-hybridized carbons (Fsp3) is 0.370. The summed E-state index contributed by atoms with van der Waals surface area (Å²) in [5, 5.41) is 11.1. The van der Waals surface area contributed by atoms with Gasteiger partial charge in [-0.15, -0.1) is 10.2 Å². The van der Waals surface area contributed by atoms with E-state index in [1.54, 1.807) is 0 Å². The molecule has 4 aromatic rings. The van der Waals surface area contributed by atoms with E-state index in [9.17, 15) is 0 Å². The minimum absolute atomic E-state index is 0.443. The van der Waals surface area contributed by atoms with Crippen LogP contribution in [0.3, 0.4) is 0 Å². The Kier molecular flexibility index (Phi) is 5.23. The summed E-state index contributed by atoms with van der Waals surface area (Å²) >= 11 is 1.81. The maximum atomic E-state index is 4.66. The van der Waals surface area contributed by atoms with Crippen LogP contribution in [0, 0.1) is 12.8 Å². The second-order valence-electron chi connectivity index (χ2n) is 9.55. The zero-order valence-electron chi connectivity index (χ0n) is 19.2. The predicted octanol–water partition coefficient (Wildman–Crippen LogP) is 5.09. The highest BCUT2D eigenvalue weighted by molar-refractivity contribution is 7.99. The average molecular weight is 456 g/mol. The first-order valence-electron chi connectivity index (χ1n) is 11.8. The molecule has 33 heavy (non-hydrogen) atoms. The van der Waals surface area contributed by atoms with Crippen LogP contribution in [0.25, 0.3) is 22.3 Å². The van der Waals surface area contributed by atoms with Crippen molar-refractivity contribution < 1.29 is 0 Å². The minimum Gasteiger partial charge on any atom is -0.305 e. The lowest BCUT2D eigenvalue weighted by Gasteiger charge is -2.20. The molecule has 1 unspecified atom stereocenters. The summed E-state index contributed by atoms with van der Waals surface area (Å²) in [4.78, 5) is 7.32. The number of aryl methyl sites for hydroxylation is 1. The number of benzene rings is 2. The molecule has 3 heterocycles. The van der Waals surface area contributed by atoms with E-state index in [-0.39, 0.29) is 0 Å². The zero-order valence-corrected chi connectivity index (χ0v) is 20.1. The van der Waals surface area contributed by atoms with E-state index < -0.39 is 0 Å². The van der Waals surface area contributed by atoms with Gasteiger partial charge in [-0.25, -0.2) is 0 Å². The number of thioether (sulfide) groups is 1. The lowest BCUT2D eigenvalue weighted by molar-refractivity contribution is 0.299. The van der Waals surface area contributed by atoms with E-state index in [1.165, 1.54) is 31.5 Å². The summed E-state index contributed by atoms with van der Waals surface area (Å²) in [5.74, 6) is 2.81. The Balaban J connectivity index is 1.07. The first-order valence-corrected chi connectivity index (χ1v) is 12.8. The van der Waals surface area contributed by atoms with Gasteiger partial charge in [0.2, 0.25) is 0 Å². The summed E-state index contributed by atoms with van der Waals surface area (Å²) in [6.07, 6.45) is 2.54. The molecule has 2 fully saturated rings. The van der Waals surface area contributed by atoms with Gasteiger partial charge in [-0.3, -0.25) is 4.98 Å². The van der Waals surface area contributed by atoms with Crippen LogP contribution in [0.4, 0.5) is 0 Å². The molecule has 6 heteroatoms. The zero-order chi connectivity index (χ0) is 22.4. The summed E-state index contributed by atoms with van der Waals surface area (Å²) < 4.78 is 2.12. The van der Waals surface area contributed by atoms with Crippen molar-refractivity contribution in [1.82, 2.24) is 24.6 Å². The third-order valence-electron chi connectivity index (χ3n) is 7.36. The molecule has 2 aromatic carbocycles. The van der Waals surface area contributed by atoms with Gasteiger partial charge in [0.05, 0.1) is 5.52 Å². The molecule has 5 nitrogen and oxygen atoms in total. The second-order valence-corrected chi connectivity index (χ2v) is 10.6. The average Bonchev–Trinajstić information content (AvgIpc) is 3.22. The van der Waals surface area contributed by atoms with Gasteiger partial charge < -0.3 is 9.47 Å².